The van der Waals surface area contributed by atoms with Crippen LogP contribution in [0.1, 0.15) is 36.5 Å². The van der Waals surface area contributed by atoms with Crippen LogP contribution >= 0.6 is 0 Å². The maximum Gasteiger partial charge on any atom is 0.0309 e. The highest BCUT2D eigenvalue weighted by atomic mass is 14.6. The summed E-state index contributed by atoms with van der Waals surface area (Å²) in [6, 6.07) is 0. The number of rotatable bonds is 1. The molecule has 2 rings (SSSR count). The summed E-state index contributed by atoms with van der Waals surface area (Å²) in [7, 11) is 0. The molecular weight excluding hydrogens is 146 g/mol. The lowest BCUT2D eigenvalue weighted by Crippen LogP contribution is -1.95. The number of pyridine rings is 1. The molecule has 0 unspecified atom stereocenters. The minimum Gasteiger partial charge on any atom is -0.264 e. The van der Waals surface area contributed by atoms with Gasteiger partial charge in [-0.05, 0) is 29.0 Å². The van der Waals surface area contributed by atoms with Gasteiger partial charge in [0, 0.05) is 12.4 Å². The molecule has 1 heterocycles. The SMILES string of the molecule is CC(C)c1cncc2c1C=CC2. The van der Waals surface area contributed by atoms with E-state index in [2.05, 4.69) is 31.0 Å². The van der Waals surface area contributed by atoms with Crippen LogP contribution in [0.15, 0.2) is 18.5 Å². The van der Waals surface area contributed by atoms with Crippen molar-refractivity contribution in [2.45, 2.75) is 26.2 Å². The Balaban J connectivity index is 2.56. The predicted octanol–water partition coefficient (Wildman–Crippen LogP) is 2.77. The maximum atomic E-state index is 4.24. The molecule has 62 valence electrons. The average Bonchev–Trinajstić information content (AvgIpc) is 2.49. The van der Waals surface area contributed by atoms with Crippen LogP contribution in [0, 0.1) is 0 Å². The summed E-state index contributed by atoms with van der Waals surface area (Å²) in [6.45, 7) is 4.42. The van der Waals surface area contributed by atoms with Crippen LogP contribution in [0.25, 0.3) is 6.08 Å². The second-order valence-electron chi connectivity index (χ2n) is 3.56. The molecule has 0 saturated heterocycles. The summed E-state index contributed by atoms with van der Waals surface area (Å²) < 4.78 is 0. The summed E-state index contributed by atoms with van der Waals surface area (Å²) >= 11 is 0. The van der Waals surface area contributed by atoms with Crippen molar-refractivity contribution in [2.24, 2.45) is 0 Å². The monoisotopic (exact) mass is 159 g/mol. The molecule has 0 atom stereocenters. The van der Waals surface area contributed by atoms with Crippen molar-refractivity contribution in [3.8, 4) is 0 Å². The fourth-order valence-electron chi connectivity index (χ4n) is 1.66. The van der Waals surface area contributed by atoms with Crippen molar-refractivity contribution in [3.63, 3.8) is 0 Å². The second kappa shape index (κ2) is 2.74. The Morgan fingerprint density at radius 1 is 1.33 bits per heavy atom. The number of hydrogen-bond donors (Lipinski definition) is 0. The zero-order valence-electron chi connectivity index (χ0n) is 7.54. The van der Waals surface area contributed by atoms with E-state index >= 15 is 0 Å². The van der Waals surface area contributed by atoms with E-state index in [1.807, 2.05) is 12.4 Å². The molecule has 0 spiro atoms. The summed E-state index contributed by atoms with van der Waals surface area (Å²) in [5.74, 6) is 0.579. The molecule has 1 aromatic heterocycles. The summed E-state index contributed by atoms with van der Waals surface area (Å²) in [5.41, 5.74) is 4.16. The molecule has 1 nitrogen and oxygen atoms in total. The molecule has 0 bridgehead atoms. The number of hydrogen-bond acceptors (Lipinski definition) is 1. The van der Waals surface area contributed by atoms with Crippen molar-refractivity contribution in [3.05, 3.63) is 35.2 Å². The molecule has 0 fully saturated rings. The Labute approximate surface area is 73.1 Å². The van der Waals surface area contributed by atoms with Crippen LogP contribution in [-0.4, -0.2) is 4.98 Å². The molecule has 0 saturated carbocycles. The molecule has 0 N–H and O–H groups in total. The summed E-state index contributed by atoms with van der Waals surface area (Å²) in [6.07, 6.45) is 9.44. The fourth-order valence-corrected chi connectivity index (χ4v) is 1.66. The Kier molecular flexibility index (Phi) is 1.72. The third kappa shape index (κ3) is 1.06. The molecule has 0 aliphatic heterocycles. The third-order valence-electron chi connectivity index (χ3n) is 2.35. The zero-order valence-corrected chi connectivity index (χ0v) is 7.54. The predicted molar refractivity (Wildman–Crippen MR) is 51.1 cm³/mol. The van der Waals surface area contributed by atoms with E-state index in [1.54, 1.807) is 0 Å². The Morgan fingerprint density at radius 3 is 2.92 bits per heavy atom. The number of allylic oxidation sites excluding steroid dienone is 1. The fraction of sp³-hybridized carbons (Fsp3) is 0.364. The van der Waals surface area contributed by atoms with Crippen LogP contribution in [0.2, 0.25) is 0 Å². The average molecular weight is 159 g/mol. The lowest BCUT2D eigenvalue weighted by Gasteiger charge is -2.09. The van der Waals surface area contributed by atoms with E-state index in [4.69, 9.17) is 0 Å². The highest BCUT2D eigenvalue weighted by molar-refractivity contribution is 5.62. The first kappa shape index (κ1) is 7.53. The van der Waals surface area contributed by atoms with Gasteiger partial charge in [0.15, 0.2) is 0 Å². The Bertz CT molecular complexity index is 324. The van der Waals surface area contributed by atoms with E-state index in [1.165, 1.54) is 16.7 Å². The normalized spacial score (nSPS) is 13.9. The van der Waals surface area contributed by atoms with E-state index in [-0.39, 0.29) is 0 Å². The number of nitrogens with zero attached hydrogens (tertiary/aromatic N) is 1. The van der Waals surface area contributed by atoms with E-state index < -0.39 is 0 Å². The Morgan fingerprint density at radius 2 is 2.17 bits per heavy atom. The highest BCUT2D eigenvalue weighted by Crippen LogP contribution is 2.26. The van der Waals surface area contributed by atoms with Crippen molar-refractivity contribution in [2.75, 3.05) is 0 Å². The molecule has 12 heavy (non-hydrogen) atoms. The van der Waals surface area contributed by atoms with Gasteiger partial charge in [-0.2, -0.15) is 0 Å². The molecule has 0 aromatic carbocycles. The van der Waals surface area contributed by atoms with Gasteiger partial charge >= 0.3 is 0 Å². The smallest absolute Gasteiger partial charge is 0.0309 e. The van der Waals surface area contributed by atoms with E-state index in [0.29, 0.717) is 5.92 Å². The van der Waals surface area contributed by atoms with Gasteiger partial charge in [0.2, 0.25) is 0 Å². The van der Waals surface area contributed by atoms with Gasteiger partial charge in [0.05, 0.1) is 0 Å². The minimum atomic E-state index is 0.579. The molecule has 1 heteroatoms. The quantitative estimate of drug-likeness (QED) is 0.614. The first-order chi connectivity index (χ1) is 5.79. The lowest BCUT2D eigenvalue weighted by atomic mass is 9.98. The van der Waals surface area contributed by atoms with Crippen molar-refractivity contribution >= 4 is 6.08 Å². The van der Waals surface area contributed by atoms with Crippen molar-refractivity contribution in [1.29, 1.82) is 0 Å². The Hall–Kier alpha value is -1.11. The van der Waals surface area contributed by atoms with Gasteiger partial charge in [-0.25, -0.2) is 0 Å². The van der Waals surface area contributed by atoms with Crippen LogP contribution in [-0.2, 0) is 6.42 Å². The molecular formula is C11H13N. The van der Waals surface area contributed by atoms with Gasteiger partial charge in [-0.1, -0.05) is 26.0 Å². The van der Waals surface area contributed by atoms with Crippen molar-refractivity contribution in [1.82, 2.24) is 4.98 Å². The van der Waals surface area contributed by atoms with Gasteiger partial charge in [-0.15, -0.1) is 0 Å². The van der Waals surface area contributed by atoms with Crippen LogP contribution in [0.3, 0.4) is 0 Å². The standard InChI is InChI=1S/C11H13N/c1-8(2)11-7-12-6-9-4-3-5-10(9)11/h3,5-8H,4H2,1-2H3. The second-order valence-corrected chi connectivity index (χ2v) is 3.56. The highest BCUT2D eigenvalue weighted by Gasteiger charge is 2.11. The van der Waals surface area contributed by atoms with Crippen molar-refractivity contribution < 1.29 is 0 Å². The largest absolute Gasteiger partial charge is 0.264 e. The molecule has 0 radical (unpaired) electrons. The van der Waals surface area contributed by atoms with E-state index in [9.17, 15) is 0 Å². The summed E-state index contributed by atoms with van der Waals surface area (Å²) in [4.78, 5) is 4.24. The maximum absolute atomic E-state index is 4.24. The van der Waals surface area contributed by atoms with Gasteiger partial charge < -0.3 is 0 Å². The van der Waals surface area contributed by atoms with Gasteiger partial charge in [0.25, 0.3) is 0 Å². The minimum absolute atomic E-state index is 0.579. The first-order valence-electron chi connectivity index (χ1n) is 4.42. The third-order valence-corrected chi connectivity index (χ3v) is 2.35. The van der Waals surface area contributed by atoms with Crippen LogP contribution < -0.4 is 0 Å². The van der Waals surface area contributed by atoms with Crippen LogP contribution in [0.5, 0.6) is 0 Å². The lowest BCUT2D eigenvalue weighted by molar-refractivity contribution is 0.852. The molecule has 1 aromatic rings. The number of fused-ring (bicyclic) bond motifs is 1. The number of aromatic nitrogens is 1. The summed E-state index contributed by atoms with van der Waals surface area (Å²) in [5, 5.41) is 0. The van der Waals surface area contributed by atoms with Gasteiger partial charge in [-0.3, -0.25) is 4.98 Å². The first-order valence-corrected chi connectivity index (χ1v) is 4.42. The molecule has 1 aliphatic carbocycles. The molecule has 1 aliphatic rings. The topological polar surface area (TPSA) is 12.9 Å². The van der Waals surface area contributed by atoms with Crippen LogP contribution in [0.4, 0.5) is 0 Å². The van der Waals surface area contributed by atoms with E-state index in [0.717, 1.165) is 6.42 Å². The molecule has 0 amide bonds. The van der Waals surface area contributed by atoms with Gasteiger partial charge in [0.1, 0.15) is 0 Å². The zero-order chi connectivity index (χ0) is 8.55.